The molecule has 2 amide bonds. The van der Waals surface area contributed by atoms with E-state index in [0.29, 0.717) is 19.4 Å². The number of aryl methyl sites for hydroxylation is 2. The summed E-state index contributed by atoms with van der Waals surface area (Å²) in [5.41, 5.74) is 2.76. The van der Waals surface area contributed by atoms with Crippen LogP contribution in [0.25, 0.3) is 0 Å². The van der Waals surface area contributed by atoms with E-state index >= 15 is 0 Å². The number of aliphatic hydroxyl groups is 1. The van der Waals surface area contributed by atoms with Gasteiger partial charge in [0.25, 0.3) is 5.91 Å². The van der Waals surface area contributed by atoms with Gasteiger partial charge in [-0.3, -0.25) is 14.4 Å². The number of fused-ring (bicyclic) bond motifs is 1. The summed E-state index contributed by atoms with van der Waals surface area (Å²) in [5.74, 6) is -1.85. The van der Waals surface area contributed by atoms with E-state index in [0.717, 1.165) is 23.2 Å². The molecule has 0 aromatic heterocycles. The number of anilines is 1. The van der Waals surface area contributed by atoms with Gasteiger partial charge in [0.1, 0.15) is 6.04 Å². The first-order chi connectivity index (χ1) is 17.7. The minimum absolute atomic E-state index is 0.0605. The lowest BCUT2D eigenvalue weighted by atomic mass is 9.66. The Morgan fingerprint density at radius 3 is 2.59 bits per heavy atom. The highest BCUT2D eigenvalue weighted by atomic mass is 32.2. The third-order valence-corrected chi connectivity index (χ3v) is 10.2. The second-order valence-corrected chi connectivity index (χ2v) is 11.9. The van der Waals surface area contributed by atoms with Crippen molar-refractivity contribution in [2.75, 3.05) is 31.2 Å². The topological polar surface area (TPSA) is 87.2 Å². The number of benzene rings is 1. The first-order valence-corrected chi connectivity index (χ1v) is 14.0. The van der Waals surface area contributed by atoms with Crippen molar-refractivity contribution >= 4 is 35.2 Å². The molecule has 3 saturated heterocycles. The van der Waals surface area contributed by atoms with Crippen LogP contribution in [0.15, 0.2) is 43.5 Å². The van der Waals surface area contributed by atoms with Crippen LogP contribution in [0.3, 0.4) is 0 Å². The van der Waals surface area contributed by atoms with Gasteiger partial charge in [-0.2, -0.15) is 0 Å². The molecule has 2 bridgehead atoms. The molecule has 8 heteroatoms. The number of hydrogen-bond donors (Lipinski definition) is 1. The van der Waals surface area contributed by atoms with Gasteiger partial charge in [0.05, 0.1) is 23.2 Å². The van der Waals surface area contributed by atoms with Crippen LogP contribution >= 0.6 is 11.8 Å². The summed E-state index contributed by atoms with van der Waals surface area (Å²) in [5, 5.41) is 9.53. The molecular formula is C29H38N2O5S. The second-order valence-electron chi connectivity index (χ2n) is 10.4. The lowest BCUT2D eigenvalue weighted by Crippen LogP contribution is -2.57. The van der Waals surface area contributed by atoms with Gasteiger partial charge >= 0.3 is 5.97 Å². The molecule has 3 heterocycles. The van der Waals surface area contributed by atoms with Gasteiger partial charge < -0.3 is 19.6 Å². The quantitative estimate of drug-likeness (QED) is 0.269. The molecule has 1 aromatic rings. The van der Waals surface area contributed by atoms with E-state index in [1.807, 2.05) is 32.0 Å². The molecule has 0 radical (unpaired) electrons. The first-order valence-electron chi connectivity index (χ1n) is 13.1. The fourth-order valence-corrected chi connectivity index (χ4v) is 9.09. The average Bonchev–Trinajstić information content (AvgIpc) is 3.45. The third-order valence-electron chi connectivity index (χ3n) is 8.16. The Morgan fingerprint density at radius 2 is 1.97 bits per heavy atom. The van der Waals surface area contributed by atoms with Crippen molar-refractivity contribution in [1.29, 1.82) is 0 Å². The van der Waals surface area contributed by atoms with Crippen molar-refractivity contribution < 1.29 is 24.2 Å². The monoisotopic (exact) mass is 526 g/mol. The van der Waals surface area contributed by atoms with Gasteiger partial charge in [-0.15, -0.1) is 24.9 Å². The van der Waals surface area contributed by atoms with Gasteiger partial charge in [-0.05, 0) is 50.2 Å². The van der Waals surface area contributed by atoms with E-state index < -0.39 is 22.6 Å². The Bertz CT molecular complexity index is 1070. The summed E-state index contributed by atoms with van der Waals surface area (Å²) < 4.78 is 4.83. The summed E-state index contributed by atoms with van der Waals surface area (Å²) in [6.45, 7) is 14.3. The van der Waals surface area contributed by atoms with Crippen molar-refractivity contribution in [2.45, 2.75) is 56.1 Å². The van der Waals surface area contributed by atoms with E-state index in [4.69, 9.17) is 4.74 Å². The summed E-state index contributed by atoms with van der Waals surface area (Å²) >= 11 is 1.63. The molecule has 6 atom stereocenters. The number of carbonyl (C=O) groups is 3. The van der Waals surface area contributed by atoms with Crippen LogP contribution in [0, 0.1) is 31.6 Å². The van der Waals surface area contributed by atoms with Gasteiger partial charge in [0, 0.05) is 30.6 Å². The van der Waals surface area contributed by atoms with Crippen LogP contribution in [0.5, 0.6) is 0 Å². The van der Waals surface area contributed by atoms with E-state index in [-0.39, 0.29) is 48.7 Å². The number of likely N-dealkylation sites (tertiary alicyclic amines) is 1. The largest absolute Gasteiger partial charge is 0.465 e. The minimum atomic E-state index is -0.744. The second kappa shape index (κ2) is 11.0. The van der Waals surface area contributed by atoms with Crippen molar-refractivity contribution in [2.24, 2.45) is 17.8 Å². The minimum Gasteiger partial charge on any atom is -0.465 e. The molecule has 3 aliphatic rings. The summed E-state index contributed by atoms with van der Waals surface area (Å²) in [7, 11) is 0. The van der Waals surface area contributed by atoms with Gasteiger partial charge in [-0.1, -0.05) is 37.3 Å². The lowest BCUT2D eigenvalue weighted by Gasteiger charge is -2.41. The molecule has 3 unspecified atom stereocenters. The van der Waals surface area contributed by atoms with Crippen molar-refractivity contribution in [3.8, 4) is 0 Å². The molecule has 3 aliphatic heterocycles. The average molecular weight is 527 g/mol. The van der Waals surface area contributed by atoms with Crippen LogP contribution in [-0.4, -0.2) is 70.1 Å². The number of carbonyl (C=O) groups excluding carboxylic acids is 3. The SMILES string of the molecule is C=CCCOC(=O)[C@@H]1[C@@H]2CC(C)C3(S2)C(C(=O)N(CC=C)c2c(C)cccc2C)N(CCCO)C(=O)[C@H]13. The molecule has 1 spiro atoms. The zero-order valence-corrected chi connectivity index (χ0v) is 22.8. The molecule has 1 N–H and O–H groups in total. The highest BCUT2D eigenvalue weighted by Gasteiger charge is 2.76. The van der Waals surface area contributed by atoms with Crippen LogP contribution in [-0.2, 0) is 19.1 Å². The number of nitrogens with zero attached hydrogens (tertiary/aromatic N) is 2. The van der Waals surface area contributed by atoms with Crippen molar-refractivity contribution in [3.05, 3.63) is 54.6 Å². The summed E-state index contributed by atoms with van der Waals surface area (Å²) in [6.07, 6.45) is 5.06. The zero-order valence-electron chi connectivity index (χ0n) is 22.0. The highest BCUT2D eigenvalue weighted by Crippen LogP contribution is 2.68. The van der Waals surface area contributed by atoms with E-state index in [9.17, 15) is 19.5 Å². The molecule has 37 heavy (non-hydrogen) atoms. The van der Waals surface area contributed by atoms with Gasteiger partial charge in [0.15, 0.2) is 0 Å². The molecule has 4 rings (SSSR count). The zero-order chi connectivity index (χ0) is 26.9. The number of esters is 1. The van der Waals surface area contributed by atoms with Crippen LogP contribution < -0.4 is 4.90 Å². The van der Waals surface area contributed by atoms with Crippen LogP contribution in [0.4, 0.5) is 5.69 Å². The number of thioether (sulfide) groups is 1. The smallest absolute Gasteiger partial charge is 0.310 e. The standard InChI is InChI=1S/C29H38N2O5S/c1-6-8-16-36-28(35)22-21-17-20(5)29(37-21)23(22)26(33)31(14-10-15-32)25(29)27(34)30(13-7-2)24-18(3)11-9-12-19(24)4/h6-7,9,11-12,20-23,25,32H,1-2,8,10,13-17H2,3-5H3/t20?,21-,22+,23-,25?,29?/m0/s1. The van der Waals surface area contributed by atoms with Crippen LogP contribution in [0.2, 0.25) is 0 Å². The van der Waals surface area contributed by atoms with Gasteiger partial charge in [0.2, 0.25) is 5.91 Å². The maximum absolute atomic E-state index is 14.6. The number of para-hydroxylation sites is 1. The molecule has 0 saturated carbocycles. The number of hydrogen-bond acceptors (Lipinski definition) is 6. The van der Waals surface area contributed by atoms with Crippen LogP contribution in [0.1, 0.15) is 37.3 Å². The summed E-state index contributed by atoms with van der Waals surface area (Å²) in [4.78, 5) is 45.3. The maximum atomic E-state index is 14.6. The fraction of sp³-hybridized carbons (Fsp3) is 0.552. The normalized spacial score (nSPS) is 29.8. The molecule has 200 valence electrons. The predicted molar refractivity (Wildman–Crippen MR) is 146 cm³/mol. The lowest BCUT2D eigenvalue weighted by molar-refractivity contribution is -0.154. The molecule has 0 aliphatic carbocycles. The Morgan fingerprint density at radius 1 is 1.27 bits per heavy atom. The molecule has 7 nitrogen and oxygen atoms in total. The Labute approximate surface area is 223 Å². The Balaban J connectivity index is 1.79. The van der Waals surface area contributed by atoms with Crippen molar-refractivity contribution in [1.82, 2.24) is 4.90 Å². The third kappa shape index (κ3) is 4.42. The van der Waals surface area contributed by atoms with E-state index in [1.54, 1.807) is 33.7 Å². The predicted octanol–water partition coefficient (Wildman–Crippen LogP) is 3.66. The van der Waals surface area contributed by atoms with Gasteiger partial charge in [-0.25, -0.2) is 0 Å². The summed E-state index contributed by atoms with van der Waals surface area (Å²) in [6, 6.07) is 5.17. The number of amides is 2. The first kappa shape index (κ1) is 27.5. The molecular weight excluding hydrogens is 488 g/mol. The number of ether oxygens (including phenoxy) is 1. The molecule has 3 fully saturated rings. The number of rotatable bonds is 11. The maximum Gasteiger partial charge on any atom is 0.310 e. The highest BCUT2D eigenvalue weighted by molar-refractivity contribution is 8.02. The van der Waals surface area contributed by atoms with E-state index in [1.165, 1.54) is 0 Å². The number of aliphatic hydroxyl groups excluding tert-OH is 1. The Hall–Kier alpha value is -2.58. The van der Waals surface area contributed by atoms with E-state index in [2.05, 4.69) is 20.1 Å². The molecule has 1 aromatic carbocycles. The van der Waals surface area contributed by atoms with Crippen molar-refractivity contribution in [3.63, 3.8) is 0 Å². The fourth-order valence-electron chi connectivity index (χ4n) is 6.69. The Kier molecular flexibility index (Phi) is 8.19.